The molecule has 0 heterocycles. The first-order valence-corrected chi connectivity index (χ1v) is 28.6. The van der Waals surface area contributed by atoms with Gasteiger partial charge >= 0.3 is 19.8 Å². The van der Waals surface area contributed by atoms with E-state index in [9.17, 15) is 19.0 Å². The van der Waals surface area contributed by atoms with Crippen molar-refractivity contribution in [3.8, 4) is 0 Å². The van der Waals surface area contributed by atoms with Gasteiger partial charge in [-0.25, -0.2) is 4.57 Å². The molecule has 0 aliphatic rings. The molecule has 9 nitrogen and oxygen atoms in total. The van der Waals surface area contributed by atoms with E-state index in [4.69, 9.17) is 24.3 Å². The van der Waals surface area contributed by atoms with Crippen LogP contribution in [-0.2, 0) is 32.7 Å². The quantitative estimate of drug-likeness (QED) is 0.0265. The number of phosphoric ester groups is 1. The number of rotatable bonds is 51. The van der Waals surface area contributed by atoms with Gasteiger partial charge in [0.1, 0.15) is 6.61 Å². The van der Waals surface area contributed by atoms with Crippen LogP contribution < -0.4 is 5.73 Å². The minimum Gasteiger partial charge on any atom is -0.462 e. The van der Waals surface area contributed by atoms with E-state index in [1.165, 1.54) is 154 Å². The number of esters is 2. The molecular formula is C55H102NO8P. The number of hydrogen-bond acceptors (Lipinski definition) is 8. The molecule has 3 N–H and O–H groups in total. The summed E-state index contributed by atoms with van der Waals surface area (Å²) in [4.78, 5) is 34.6. The van der Waals surface area contributed by atoms with Crippen molar-refractivity contribution < 1.29 is 37.6 Å². The molecule has 2 unspecified atom stereocenters. The Morgan fingerprint density at radius 2 is 0.846 bits per heavy atom. The molecule has 0 aliphatic carbocycles. The minimum atomic E-state index is -4.36. The zero-order chi connectivity index (χ0) is 47.4. The van der Waals surface area contributed by atoms with E-state index < -0.39 is 32.5 Å². The molecule has 380 valence electrons. The van der Waals surface area contributed by atoms with Crippen LogP contribution in [-0.4, -0.2) is 49.3 Å². The predicted octanol–water partition coefficient (Wildman–Crippen LogP) is 16.6. The molecule has 65 heavy (non-hydrogen) atoms. The molecule has 0 saturated heterocycles. The summed E-state index contributed by atoms with van der Waals surface area (Å²) in [7, 11) is -4.36. The largest absolute Gasteiger partial charge is 0.472 e. The van der Waals surface area contributed by atoms with Crippen molar-refractivity contribution in [2.45, 2.75) is 264 Å². The standard InChI is InChI=1S/C55H102NO8P/c1-3-5-7-9-10-11-12-13-14-15-16-17-18-19-20-21-22-23-24-25-26-27-28-29-30-31-32-33-34-35-36-37-38-39-40-41-42-44-46-48-55(58)64-53(52-63-65(59,60)62-50-49-56)51-61-54(57)47-45-43-8-6-4-2/h5,7,10-11,13-14,16-17,53H,3-4,6,8-9,12,15,18-52,56H2,1-2H3,(H,59,60)/b7-5-,11-10-,14-13-,17-16-. The fourth-order valence-corrected chi connectivity index (χ4v) is 8.51. The summed E-state index contributed by atoms with van der Waals surface area (Å²) in [5, 5.41) is 0. The summed E-state index contributed by atoms with van der Waals surface area (Å²) >= 11 is 0. The summed E-state index contributed by atoms with van der Waals surface area (Å²) in [5.41, 5.74) is 5.34. The maximum atomic E-state index is 12.6. The van der Waals surface area contributed by atoms with E-state index in [-0.39, 0.29) is 32.6 Å². The molecule has 10 heteroatoms. The number of hydrogen-bond donors (Lipinski definition) is 2. The summed E-state index contributed by atoms with van der Waals surface area (Å²) in [6, 6.07) is 0. The monoisotopic (exact) mass is 936 g/mol. The Morgan fingerprint density at radius 3 is 1.26 bits per heavy atom. The van der Waals surface area contributed by atoms with Gasteiger partial charge in [-0.2, -0.15) is 0 Å². The molecule has 2 atom stereocenters. The van der Waals surface area contributed by atoms with Crippen molar-refractivity contribution in [2.24, 2.45) is 5.73 Å². The number of unbranched alkanes of at least 4 members (excludes halogenated alkanes) is 30. The summed E-state index contributed by atoms with van der Waals surface area (Å²) in [6.45, 7) is 3.54. The average molecular weight is 936 g/mol. The average Bonchev–Trinajstić information content (AvgIpc) is 3.30. The fraction of sp³-hybridized carbons (Fsp3) is 0.818. The van der Waals surface area contributed by atoms with E-state index in [1.807, 2.05) is 0 Å². The Kier molecular flexibility index (Phi) is 49.8. The third-order valence-corrected chi connectivity index (χ3v) is 12.7. The van der Waals surface area contributed by atoms with Gasteiger partial charge in [-0.3, -0.25) is 18.6 Å². The number of phosphoric acid groups is 1. The minimum absolute atomic E-state index is 0.0553. The Balaban J connectivity index is 3.61. The number of allylic oxidation sites excluding steroid dienone is 8. The zero-order valence-corrected chi connectivity index (χ0v) is 43.1. The SMILES string of the molecule is CC/C=C\C/C=C\C/C=C\C/C=C\CCCCCCCCCCCCCCCCCCCCCCCCCCCCC(=O)OC(COC(=O)CCCCCCC)COP(=O)(O)OCCN. The normalized spacial score (nSPS) is 13.5. The second kappa shape index (κ2) is 51.4. The molecular weight excluding hydrogens is 834 g/mol. The highest BCUT2D eigenvalue weighted by molar-refractivity contribution is 7.47. The van der Waals surface area contributed by atoms with Crippen LogP contribution in [0.2, 0.25) is 0 Å². The molecule has 0 spiro atoms. The maximum Gasteiger partial charge on any atom is 0.472 e. The van der Waals surface area contributed by atoms with Gasteiger partial charge in [0.25, 0.3) is 0 Å². The number of carbonyl (C=O) groups excluding carboxylic acids is 2. The summed E-state index contributed by atoms with van der Waals surface area (Å²) < 4.78 is 32.6. The van der Waals surface area contributed by atoms with E-state index in [2.05, 4.69) is 62.5 Å². The topological polar surface area (TPSA) is 134 Å². The molecule has 0 amide bonds. The fourth-order valence-electron chi connectivity index (χ4n) is 7.75. The van der Waals surface area contributed by atoms with E-state index in [0.717, 1.165) is 70.6 Å². The van der Waals surface area contributed by atoms with E-state index in [0.29, 0.717) is 6.42 Å². The van der Waals surface area contributed by atoms with Crippen molar-refractivity contribution in [1.82, 2.24) is 0 Å². The number of ether oxygens (including phenoxy) is 2. The van der Waals surface area contributed by atoms with Crippen molar-refractivity contribution >= 4 is 19.8 Å². The molecule has 0 aromatic rings. The van der Waals surface area contributed by atoms with Crippen LogP contribution in [0.15, 0.2) is 48.6 Å². The van der Waals surface area contributed by atoms with Crippen LogP contribution in [0.5, 0.6) is 0 Å². The van der Waals surface area contributed by atoms with Crippen molar-refractivity contribution in [3.63, 3.8) is 0 Å². The third-order valence-electron chi connectivity index (χ3n) is 11.7. The Labute approximate surface area is 400 Å². The van der Waals surface area contributed by atoms with Gasteiger partial charge in [-0.05, 0) is 51.4 Å². The highest BCUT2D eigenvalue weighted by atomic mass is 31.2. The van der Waals surface area contributed by atoms with Crippen LogP contribution in [0.1, 0.15) is 258 Å². The van der Waals surface area contributed by atoms with Gasteiger partial charge in [-0.1, -0.05) is 242 Å². The lowest BCUT2D eigenvalue weighted by Crippen LogP contribution is -2.29. The third kappa shape index (κ3) is 51.2. The van der Waals surface area contributed by atoms with Gasteiger partial charge in [0.05, 0.1) is 13.2 Å². The molecule has 0 aromatic heterocycles. The molecule has 0 aromatic carbocycles. The van der Waals surface area contributed by atoms with E-state index >= 15 is 0 Å². The molecule has 0 aliphatic heterocycles. The van der Waals surface area contributed by atoms with Crippen LogP contribution in [0.3, 0.4) is 0 Å². The molecule has 0 radical (unpaired) electrons. The number of nitrogens with two attached hydrogens (primary N) is 1. The molecule has 0 saturated carbocycles. The van der Waals surface area contributed by atoms with Crippen LogP contribution in [0, 0.1) is 0 Å². The Hall–Kier alpha value is -2.03. The smallest absolute Gasteiger partial charge is 0.462 e. The Bertz CT molecular complexity index is 1200. The second-order valence-corrected chi connectivity index (χ2v) is 19.5. The van der Waals surface area contributed by atoms with Crippen LogP contribution in [0.25, 0.3) is 0 Å². The summed E-state index contributed by atoms with van der Waals surface area (Å²) in [5.74, 6) is -0.832. The maximum absolute atomic E-state index is 12.6. The molecule has 0 fully saturated rings. The van der Waals surface area contributed by atoms with Crippen molar-refractivity contribution in [3.05, 3.63) is 48.6 Å². The predicted molar refractivity (Wildman–Crippen MR) is 275 cm³/mol. The lowest BCUT2D eigenvalue weighted by molar-refractivity contribution is -0.161. The van der Waals surface area contributed by atoms with Gasteiger partial charge < -0.3 is 20.1 Å². The first-order valence-electron chi connectivity index (χ1n) is 27.1. The molecule has 0 rings (SSSR count). The first kappa shape index (κ1) is 63.0. The lowest BCUT2D eigenvalue weighted by atomic mass is 10.0. The lowest BCUT2D eigenvalue weighted by Gasteiger charge is -2.19. The molecule has 0 bridgehead atoms. The zero-order valence-electron chi connectivity index (χ0n) is 42.2. The van der Waals surface area contributed by atoms with Gasteiger partial charge in [-0.15, -0.1) is 0 Å². The van der Waals surface area contributed by atoms with Gasteiger partial charge in [0.2, 0.25) is 0 Å². The van der Waals surface area contributed by atoms with Crippen molar-refractivity contribution in [2.75, 3.05) is 26.4 Å². The van der Waals surface area contributed by atoms with Crippen molar-refractivity contribution in [1.29, 1.82) is 0 Å². The number of carbonyl (C=O) groups is 2. The first-order chi connectivity index (χ1) is 31.8. The highest BCUT2D eigenvalue weighted by Gasteiger charge is 2.26. The van der Waals surface area contributed by atoms with E-state index in [1.54, 1.807) is 0 Å². The van der Waals surface area contributed by atoms with Crippen LogP contribution in [0.4, 0.5) is 0 Å². The second-order valence-electron chi connectivity index (χ2n) is 18.1. The highest BCUT2D eigenvalue weighted by Crippen LogP contribution is 2.43. The Morgan fingerprint density at radius 1 is 0.477 bits per heavy atom. The van der Waals surface area contributed by atoms with Crippen LogP contribution >= 0.6 is 7.82 Å². The van der Waals surface area contributed by atoms with Gasteiger partial charge in [0.15, 0.2) is 6.10 Å². The summed E-state index contributed by atoms with van der Waals surface area (Å²) in [6.07, 6.45) is 62.6. The van der Waals surface area contributed by atoms with Gasteiger partial charge in [0, 0.05) is 19.4 Å².